The molecular formula is C14H11FO2. The van der Waals surface area contributed by atoms with Crippen LogP contribution in [-0.4, -0.2) is 11.7 Å². The minimum Gasteiger partial charge on any atom is -0.508 e. The van der Waals surface area contributed by atoms with Crippen molar-refractivity contribution in [1.29, 1.82) is 0 Å². The molecule has 0 saturated carbocycles. The average molecular weight is 230 g/mol. The third kappa shape index (κ3) is 1.73. The molecule has 17 heavy (non-hydrogen) atoms. The molecule has 1 aliphatic heterocycles. The molecular weight excluding hydrogens is 219 g/mol. The summed E-state index contributed by atoms with van der Waals surface area (Å²) in [6, 6.07) is 9.84. The summed E-state index contributed by atoms with van der Waals surface area (Å²) >= 11 is 0. The first kappa shape index (κ1) is 10.1. The monoisotopic (exact) mass is 230 g/mol. The zero-order valence-electron chi connectivity index (χ0n) is 9.11. The molecule has 0 saturated heterocycles. The van der Waals surface area contributed by atoms with E-state index in [1.807, 2.05) is 18.2 Å². The van der Waals surface area contributed by atoms with Gasteiger partial charge in [-0.05, 0) is 35.4 Å². The Kier molecular flexibility index (Phi) is 2.25. The van der Waals surface area contributed by atoms with Crippen LogP contribution in [0.15, 0.2) is 36.4 Å². The Bertz CT molecular complexity index is 578. The maximum atomic E-state index is 13.7. The fraction of sp³-hybridized carbons (Fsp3) is 0.143. The minimum atomic E-state index is -0.413. The number of hydrogen-bond donors (Lipinski definition) is 1. The van der Waals surface area contributed by atoms with Crippen LogP contribution in [0.5, 0.6) is 11.5 Å². The summed E-state index contributed by atoms with van der Waals surface area (Å²) in [4.78, 5) is 0. The SMILES string of the molecule is Oc1ccc(-c2ccc3c(c2)CCO3)c(F)c1. The Morgan fingerprint density at radius 2 is 2.00 bits per heavy atom. The van der Waals surface area contributed by atoms with Crippen molar-refractivity contribution in [2.24, 2.45) is 0 Å². The van der Waals surface area contributed by atoms with Crippen molar-refractivity contribution in [1.82, 2.24) is 0 Å². The highest BCUT2D eigenvalue weighted by Crippen LogP contribution is 2.32. The van der Waals surface area contributed by atoms with Crippen molar-refractivity contribution >= 4 is 0 Å². The van der Waals surface area contributed by atoms with Crippen molar-refractivity contribution in [3.8, 4) is 22.6 Å². The molecule has 0 atom stereocenters. The topological polar surface area (TPSA) is 29.5 Å². The van der Waals surface area contributed by atoms with Crippen molar-refractivity contribution < 1.29 is 14.2 Å². The fourth-order valence-corrected chi connectivity index (χ4v) is 2.09. The van der Waals surface area contributed by atoms with Crippen LogP contribution in [0.4, 0.5) is 4.39 Å². The molecule has 0 amide bonds. The van der Waals surface area contributed by atoms with Gasteiger partial charge in [0, 0.05) is 18.1 Å². The number of rotatable bonds is 1. The number of aromatic hydroxyl groups is 1. The number of fused-ring (bicyclic) bond motifs is 1. The average Bonchev–Trinajstić information content (AvgIpc) is 2.75. The summed E-state index contributed by atoms with van der Waals surface area (Å²) in [5.74, 6) is 0.410. The lowest BCUT2D eigenvalue weighted by molar-refractivity contribution is 0.357. The molecule has 0 fully saturated rings. The van der Waals surface area contributed by atoms with Gasteiger partial charge in [0.25, 0.3) is 0 Å². The molecule has 1 heterocycles. The van der Waals surface area contributed by atoms with Crippen LogP contribution >= 0.6 is 0 Å². The van der Waals surface area contributed by atoms with Gasteiger partial charge >= 0.3 is 0 Å². The fourth-order valence-electron chi connectivity index (χ4n) is 2.09. The first-order valence-electron chi connectivity index (χ1n) is 5.49. The first-order valence-corrected chi connectivity index (χ1v) is 5.49. The van der Waals surface area contributed by atoms with Crippen molar-refractivity contribution in [2.75, 3.05) is 6.61 Å². The maximum absolute atomic E-state index is 13.7. The molecule has 3 rings (SSSR count). The van der Waals surface area contributed by atoms with Gasteiger partial charge in [-0.25, -0.2) is 4.39 Å². The highest BCUT2D eigenvalue weighted by molar-refractivity contribution is 5.67. The number of phenols is 1. The highest BCUT2D eigenvalue weighted by Gasteiger charge is 2.14. The van der Waals surface area contributed by atoms with Gasteiger partial charge in [-0.3, -0.25) is 0 Å². The van der Waals surface area contributed by atoms with Crippen LogP contribution in [-0.2, 0) is 6.42 Å². The summed E-state index contributed by atoms with van der Waals surface area (Å²) in [5.41, 5.74) is 2.42. The van der Waals surface area contributed by atoms with E-state index >= 15 is 0 Å². The van der Waals surface area contributed by atoms with Gasteiger partial charge < -0.3 is 9.84 Å². The molecule has 0 radical (unpaired) electrons. The molecule has 86 valence electrons. The summed E-state index contributed by atoms with van der Waals surface area (Å²) in [7, 11) is 0. The van der Waals surface area contributed by atoms with Crippen molar-refractivity contribution in [2.45, 2.75) is 6.42 Å². The lowest BCUT2D eigenvalue weighted by Crippen LogP contribution is -1.85. The molecule has 0 bridgehead atoms. The van der Waals surface area contributed by atoms with Gasteiger partial charge in [0.15, 0.2) is 0 Å². The first-order chi connectivity index (χ1) is 8.24. The number of benzene rings is 2. The largest absolute Gasteiger partial charge is 0.508 e. The Morgan fingerprint density at radius 3 is 2.82 bits per heavy atom. The molecule has 2 aromatic rings. The van der Waals surface area contributed by atoms with E-state index < -0.39 is 5.82 Å². The van der Waals surface area contributed by atoms with Gasteiger partial charge in [0.05, 0.1) is 6.61 Å². The molecule has 3 heteroatoms. The van der Waals surface area contributed by atoms with Crippen LogP contribution in [0.2, 0.25) is 0 Å². The Balaban J connectivity index is 2.09. The normalized spacial score (nSPS) is 13.2. The van der Waals surface area contributed by atoms with Crippen LogP contribution < -0.4 is 4.74 Å². The predicted octanol–water partition coefficient (Wildman–Crippen LogP) is 3.13. The van der Waals surface area contributed by atoms with Gasteiger partial charge in [-0.15, -0.1) is 0 Å². The highest BCUT2D eigenvalue weighted by atomic mass is 19.1. The zero-order valence-corrected chi connectivity index (χ0v) is 9.11. The quantitative estimate of drug-likeness (QED) is 0.815. The van der Waals surface area contributed by atoms with Gasteiger partial charge in [-0.1, -0.05) is 6.07 Å². The van der Waals surface area contributed by atoms with Crippen LogP contribution in [0.25, 0.3) is 11.1 Å². The summed E-state index contributed by atoms with van der Waals surface area (Å²) in [5, 5.41) is 9.18. The van der Waals surface area contributed by atoms with E-state index in [1.54, 1.807) is 6.07 Å². The van der Waals surface area contributed by atoms with E-state index in [0.29, 0.717) is 12.2 Å². The van der Waals surface area contributed by atoms with E-state index in [9.17, 15) is 9.50 Å². The number of ether oxygens (including phenoxy) is 1. The zero-order chi connectivity index (χ0) is 11.8. The van der Waals surface area contributed by atoms with Crippen molar-refractivity contribution in [3.05, 3.63) is 47.8 Å². The number of hydrogen-bond acceptors (Lipinski definition) is 2. The molecule has 0 unspecified atom stereocenters. The number of halogens is 1. The van der Waals surface area contributed by atoms with Crippen molar-refractivity contribution in [3.63, 3.8) is 0 Å². The smallest absolute Gasteiger partial charge is 0.134 e. The molecule has 1 aliphatic rings. The standard InChI is InChI=1S/C14H11FO2/c15-13-8-11(16)2-3-12(13)9-1-4-14-10(7-9)5-6-17-14/h1-4,7-8,16H,5-6H2. The predicted molar refractivity (Wildman–Crippen MR) is 62.7 cm³/mol. The molecule has 0 spiro atoms. The minimum absolute atomic E-state index is 0.0595. The molecule has 1 N–H and O–H groups in total. The molecule has 2 aromatic carbocycles. The lowest BCUT2D eigenvalue weighted by Gasteiger charge is -2.06. The second-order valence-corrected chi connectivity index (χ2v) is 4.09. The molecule has 0 aliphatic carbocycles. The third-order valence-electron chi connectivity index (χ3n) is 2.95. The van der Waals surface area contributed by atoms with E-state index in [1.165, 1.54) is 6.07 Å². The summed E-state index contributed by atoms with van der Waals surface area (Å²) < 4.78 is 19.1. The van der Waals surface area contributed by atoms with Gasteiger partial charge in [-0.2, -0.15) is 0 Å². The number of phenolic OH excluding ortho intramolecular Hbond substituents is 1. The third-order valence-corrected chi connectivity index (χ3v) is 2.95. The lowest BCUT2D eigenvalue weighted by atomic mass is 10.0. The van der Waals surface area contributed by atoms with E-state index in [-0.39, 0.29) is 5.75 Å². The maximum Gasteiger partial charge on any atom is 0.134 e. The Labute approximate surface area is 98.3 Å². The van der Waals surface area contributed by atoms with Crippen LogP contribution in [0.3, 0.4) is 0 Å². The summed E-state index contributed by atoms with van der Waals surface area (Å²) in [6.07, 6.45) is 0.864. The Morgan fingerprint density at radius 1 is 1.12 bits per heavy atom. The van der Waals surface area contributed by atoms with Gasteiger partial charge in [0.2, 0.25) is 0 Å². The van der Waals surface area contributed by atoms with Gasteiger partial charge in [0.1, 0.15) is 17.3 Å². The summed E-state index contributed by atoms with van der Waals surface area (Å²) in [6.45, 7) is 0.691. The Hall–Kier alpha value is -2.03. The van der Waals surface area contributed by atoms with E-state index in [0.717, 1.165) is 29.4 Å². The van der Waals surface area contributed by atoms with Crippen LogP contribution in [0.1, 0.15) is 5.56 Å². The van der Waals surface area contributed by atoms with E-state index in [4.69, 9.17) is 4.74 Å². The molecule has 2 nitrogen and oxygen atoms in total. The second-order valence-electron chi connectivity index (χ2n) is 4.09. The molecule has 0 aromatic heterocycles. The second kappa shape index (κ2) is 3.77. The van der Waals surface area contributed by atoms with E-state index in [2.05, 4.69) is 0 Å². The van der Waals surface area contributed by atoms with Crippen LogP contribution in [0, 0.1) is 5.82 Å².